The molecule has 0 N–H and O–H groups in total. The Morgan fingerprint density at radius 3 is 2.46 bits per heavy atom. The van der Waals surface area contributed by atoms with Crippen molar-refractivity contribution in [1.29, 1.82) is 0 Å². The van der Waals surface area contributed by atoms with Crippen LogP contribution < -0.4 is 0 Å². The van der Waals surface area contributed by atoms with E-state index in [1.807, 2.05) is 0 Å². The monoisotopic (exact) mass is 175 g/mol. The molecule has 0 amide bonds. The Balaban J connectivity index is 2.69. The maximum absolute atomic E-state index is 2.35. The molecule has 2 heteroatoms. The smallest absolute Gasteiger partial charge is 0.186 e. The number of nitrogens with zero attached hydrogens (tertiary/aromatic N) is 1. The van der Waals surface area contributed by atoms with Gasteiger partial charge in [-0.1, -0.05) is 38.1 Å². The Morgan fingerprint density at radius 2 is 1.92 bits per heavy atom. The largest absolute Gasteiger partial charge is 0.343 e. The molecule has 70 valence electrons. The molecule has 13 heavy (non-hydrogen) atoms. The predicted molar refractivity (Wildman–Crippen MR) is 60.4 cm³/mol. The molecule has 0 spiro atoms. The third-order valence-electron chi connectivity index (χ3n) is 2.56. The third kappa shape index (κ3) is 2.89. The fraction of sp³-hybridized carbons (Fsp3) is 0.455. The summed E-state index contributed by atoms with van der Waals surface area (Å²) in [5, 5.41) is 0. The Bertz CT molecular complexity index is 271. The SMILES string of the molecule is BN(Cc1ccccc1C)C(C)C. The quantitative estimate of drug-likeness (QED) is 0.632. The van der Waals surface area contributed by atoms with Gasteiger partial charge in [-0.15, -0.1) is 0 Å². The summed E-state index contributed by atoms with van der Waals surface area (Å²) in [6.45, 7) is 7.66. The van der Waals surface area contributed by atoms with Crippen molar-refractivity contribution in [3.8, 4) is 0 Å². The molecular formula is C11H18BN. The molecule has 0 atom stereocenters. The fourth-order valence-corrected chi connectivity index (χ4v) is 1.24. The predicted octanol–water partition coefficient (Wildman–Crippen LogP) is 1.75. The van der Waals surface area contributed by atoms with Gasteiger partial charge in [-0.05, 0) is 24.1 Å². The molecule has 0 aromatic heterocycles. The van der Waals surface area contributed by atoms with Gasteiger partial charge in [0.05, 0.1) is 0 Å². The molecule has 1 rings (SSSR count). The average molecular weight is 175 g/mol. The lowest BCUT2D eigenvalue weighted by atomic mass is 10.1. The zero-order valence-corrected chi connectivity index (χ0v) is 9.04. The first-order chi connectivity index (χ1) is 6.11. The van der Waals surface area contributed by atoms with E-state index in [4.69, 9.17) is 0 Å². The minimum absolute atomic E-state index is 0.611. The van der Waals surface area contributed by atoms with E-state index in [1.165, 1.54) is 11.1 Å². The standard InChI is InChI=1S/C11H18BN/c1-9(2)13(12)8-11-7-5-4-6-10(11)3/h4-7,9H,8,12H2,1-3H3. The molecular weight excluding hydrogens is 157 g/mol. The van der Waals surface area contributed by atoms with E-state index < -0.39 is 0 Å². The fourth-order valence-electron chi connectivity index (χ4n) is 1.24. The summed E-state index contributed by atoms with van der Waals surface area (Å²) in [4.78, 5) is 2.35. The van der Waals surface area contributed by atoms with Crippen molar-refractivity contribution >= 4 is 7.98 Å². The van der Waals surface area contributed by atoms with Gasteiger partial charge in [-0.25, -0.2) is 0 Å². The van der Waals surface area contributed by atoms with E-state index in [-0.39, 0.29) is 0 Å². The molecule has 1 aromatic carbocycles. The van der Waals surface area contributed by atoms with Crippen molar-refractivity contribution in [3.05, 3.63) is 35.4 Å². The maximum Gasteiger partial charge on any atom is 0.186 e. The van der Waals surface area contributed by atoms with Crippen molar-refractivity contribution in [1.82, 2.24) is 4.81 Å². The van der Waals surface area contributed by atoms with Crippen LogP contribution >= 0.6 is 0 Å². The summed E-state index contributed by atoms with van der Waals surface area (Å²) in [7, 11) is 2.16. The molecule has 0 radical (unpaired) electrons. The van der Waals surface area contributed by atoms with Gasteiger partial charge in [-0.3, -0.25) is 0 Å². The molecule has 1 aromatic rings. The summed E-state index contributed by atoms with van der Waals surface area (Å²) in [5.74, 6) is 0. The molecule has 0 aliphatic heterocycles. The normalized spacial score (nSPS) is 11.2. The van der Waals surface area contributed by atoms with Gasteiger partial charge in [0, 0.05) is 6.54 Å². The lowest BCUT2D eigenvalue weighted by Gasteiger charge is -2.22. The first-order valence-electron chi connectivity index (χ1n) is 4.86. The van der Waals surface area contributed by atoms with Gasteiger partial charge in [0.1, 0.15) is 0 Å². The second-order valence-corrected chi connectivity index (χ2v) is 3.94. The van der Waals surface area contributed by atoms with Crippen LogP contribution in [-0.4, -0.2) is 18.8 Å². The number of rotatable bonds is 3. The van der Waals surface area contributed by atoms with Crippen LogP contribution in [0.25, 0.3) is 0 Å². The van der Waals surface area contributed by atoms with E-state index in [1.54, 1.807) is 0 Å². The highest BCUT2D eigenvalue weighted by Gasteiger charge is 2.04. The van der Waals surface area contributed by atoms with E-state index >= 15 is 0 Å². The van der Waals surface area contributed by atoms with E-state index in [9.17, 15) is 0 Å². The van der Waals surface area contributed by atoms with Crippen LogP contribution in [0.15, 0.2) is 24.3 Å². The lowest BCUT2D eigenvalue weighted by Crippen LogP contribution is -2.27. The maximum atomic E-state index is 2.35. The molecule has 0 aliphatic rings. The summed E-state index contributed by atoms with van der Waals surface area (Å²) in [5.41, 5.74) is 2.81. The molecule has 0 aliphatic carbocycles. The van der Waals surface area contributed by atoms with Crippen LogP contribution in [0.3, 0.4) is 0 Å². The van der Waals surface area contributed by atoms with E-state index in [0.717, 1.165) is 6.54 Å². The molecule has 0 saturated heterocycles. The van der Waals surface area contributed by atoms with Crippen molar-refractivity contribution in [2.24, 2.45) is 0 Å². The minimum atomic E-state index is 0.611. The average Bonchev–Trinajstić information content (AvgIpc) is 2.08. The number of hydrogen-bond donors (Lipinski definition) is 0. The van der Waals surface area contributed by atoms with Crippen molar-refractivity contribution < 1.29 is 0 Å². The second-order valence-electron chi connectivity index (χ2n) is 3.94. The van der Waals surface area contributed by atoms with Crippen LogP contribution in [0.5, 0.6) is 0 Å². The Morgan fingerprint density at radius 1 is 1.31 bits per heavy atom. The van der Waals surface area contributed by atoms with Crippen LogP contribution in [-0.2, 0) is 6.54 Å². The third-order valence-corrected chi connectivity index (χ3v) is 2.56. The molecule has 1 nitrogen and oxygen atoms in total. The highest BCUT2D eigenvalue weighted by Crippen LogP contribution is 2.10. The second kappa shape index (κ2) is 4.47. The number of hydrogen-bond acceptors (Lipinski definition) is 1. The highest BCUT2D eigenvalue weighted by molar-refractivity contribution is 6.04. The van der Waals surface area contributed by atoms with Crippen LogP contribution in [0, 0.1) is 6.92 Å². The van der Waals surface area contributed by atoms with Crippen LogP contribution in [0.1, 0.15) is 25.0 Å². The molecule has 0 saturated carbocycles. The Kier molecular flexibility index (Phi) is 3.55. The van der Waals surface area contributed by atoms with Crippen LogP contribution in [0.2, 0.25) is 0 Å². The molecule has 0 fully saturated rings. The zero-order valence-electron chi connectivity index (χ0n) is 9.04. The van der Waals surface area contributed by atoms with Gasteiger partial charge >= 0.3 is 0 Å². The van der Waals surface area contributed by atoms with Gasteiger partial charge in [0.25, 0.3) is 0 Å². The Hall–Kier alpha value is -0.755. The van der Waals surface area contributed by atoms with Crippen molar-refractivity contribution in [3.63, 3.8) is 0 Å². The Labute approximate surface area is 82.2 Å². The molecule has 0 bridgehead atoms. The topological polar surface area (TPSA) is 3.24 Å². The highest BCUT2D eigenvalue weighted by atomic mass is 15.0. The van der Waals surface area contributed by atoms with Crippen molar-refractivity contribution in [2.45, 2.75) is 33.4 Å². The summed E-state index contributed by atoms with van der Waals surface area (Å²) >= 11 is 0. The minimum Gasteiger partial charge on any atom is -0.343 e. The van der Waals surface area contributed by atoms with E-state index in [0.29, 0.717) is 6.04 Å². The van der Waals surface area contributed by atoms with Crippen LogP contribution in [0.4, 0.5) is 0 Å². The van der Waals surface area contributed by atoms with Gasteiger partial charge in [0.2, 0.25) is 0 Å². The first-order valence-corrected chi connectivity index (χ1v) is 4.86. The van der Waals surface area contributed by atoms with E-state index in [2.05, 4.69) is 57.8 Å². The molecule has 0 heterocycles. The summed E-state index contributed by atoms with van der Waals surface area (Å²) in [6, 6.07) is 9.18. The molecule has 0 unspecified atom stereocenters. The number of aryl methyl sites for hydroxylation is 1. The summed E-state index contributed by atoms with van der Waals surface area (Å²) in [6.07, 6.45) is 0. The summed E-state index contributed by atoms with van der Waals surface area (Å²) < 4.78 is 0. The van der Waals surface area contributed by atoms with Crippen molar-refractivity contribution in [2.75, 3.05) is 0 Å². The van der Waals surface area contributed by atoms with Gasteiger partial charge < -0.3 is 4.81 Å². The lowest BCUT2D eigenvalue weighted by molar-refractivity contribution is 0.373. The first kappa shape index (κ1) is 10.3. The van der Waals surface area contributed by atoms with Gasteiger partial charge in [-0.2, -0.15) is 0 Å². The van der Waals surface area contributed by atoms with Gasteiger partial charge in [0.15, 0.2) is 7.98 Å². The zero-order chi connectivity index (χ0) is 9.84. The number of benzene rings is 1.